The quantitative estimate of drug-likeness (QED) is 0.400. The van der Waals surface area contributed by atoms with Crippen molar-refractivity contribution in [3.63, 3.8) is 0 Å². The SMILES string of the molecule is CCn1c2ccccc2c2nnc(SCC(=O)N3CCCC3c3ccc4c(c3)OCCO4)nc21. The van der Waals surface area contributed by atoms with Crippen molar-refractivity contribution >= 4 is 39.7 Å². The third-order valence-corrected chi connectivity index (χ3v) is 7.34. The number of ether oxygens (including phenoxy) is 2. The van der Waals surface area contributed by atoms with E-state index < -0.39 is 0 Å². The number of amides is 1. The van der Waals surface area contributed by atoms with E-state index >= 15 is 0 Å². The Morgan fingerprint density at radius 2 is 1.97 bits per heavy atom. The molecule has 1 fully saturated rings. The molecule has 0 spiro atoms. The molecule has 2 aromatic heterocycles. The van der Waals surface area contributed by atoms with Crippen molar-refractivity contribution in [1.29, 1.82) is 0 Å². The summed E-state index contributed by atoms with van der Waals surface area (Å²) >= 11 is 1.35. The normalized spacial score (nSPS) is 17.6. The summed E-state index contributed by atoms with van der Waals surface area (Å²) in [5.41, 5.74) is 3.79. The summed E-state index contributed by atoms with van der Waals surface area (Å²) < 4.78 is 13.5. The highest BCUT2D eigenvalue weighted by atomic mass is 32.2. The second-order valence-corrected chi connectivity index (χ2v) is 9.41. The molecule has 2 aromatic carbocycles. The lowest BCUT2D eigenvalue weighted by molar-refractivity contribution is -0.129. The highest BCUT2D eigenvalue weighted by molar-refractivity contribution is 7.99. The fraction of sp³-hybridized carbons (Fsp3) is 0.360. The van der Waals surface area contributed by atoms with E-state index in [9.17, 15) is 4.79 Å². The lowest BCUT2D eigenvalue weighted by Crippen LogP contribution is -2.32. The van der Waals surface area contributed by atoms with E-state index in [4.69, 9.17) is 14.5 Å². The van der Waals surface area contributed by atoms with Crippen molar-refractivity contribution < 1.29 is 14.3 Å². The maximum atomic E-state index is 13.2. The number of para-hydroxylation sites is 1. The highest BCUT2D eigenvalue weighted by Gasteiger charge is 2.31. The van der Waals surface area contributed by atoms with E-state index in [1.54, 1.807) is 0 Å². The second kappa shape index (κ2) is 8.79. The van der Waals surface area contributed by atoms with Gasteiger partial charge in [0.2, 0.25) is 11.1 Å². The number of aryl methyl sites for hydroxylation is 1. The first kappa shape index (κ1) is 21.2. The van der Waals surface area contributed by atoms with Crippen LogP contribution in [0.4, 0.5) is 0 Å². The molecular weight excluding hydrogens is 450 g/mol. The first-order chi connectivity index (χ1) is 16.7. The number of fused-ring (bicyclic) bond motifs is 4. The van der Waals surface area contributed by atoms with Gasteiger partial charge in [0.1, 0.15) is 18.7 Å². The molecule has 174 valence electrons. The highest BCUT2D eigenvalue weighted by Crippen LogP contribution is 2.38. The van der Waals surface area contributed by atoms with Crippen LogP contribution < -0.4 is 9.47 Å². The largest absolute Gasteiger partial charge is 0.486 e. The molecular formula is C25H25N5O3S. The van der Waals surface area contributed by atoms with E-state index in [0.29, 0.717) is 18.4 Å². The summed E-state index contributed by atoms with van der Waals surface area (Å²) in [4.78, 5) is 19.9. The van der Waals surface area contributed by atoms with Gasteiger partial charge in [-0.25, -0.2) is 4.98 Å². The lowest BCUT2D eigenvalue weighted by Gasteiger charge is -2.26. The summed E-state index contributed by atoms with van der Waals surface area (Å²) in [7, 11) is 0. The van der Waals surface area contributed by atoms with E-state index in [2.05, 4.69) is 27.8 Å². The summed E-state index contributed by atoms with van der Waals surface area (Å²) in [5.74, 6) is 1.89. The molecule has 2 aliphatic rings. The number of benzene rings is 2. The molecule has 1 saturated heterocycles. The van der Waals surface area contributed by atoms with Gasteiger partial charge in [-0.1, -0.05) is 36.0 Å². The number of hydrogen-bond acceptors (Lipinski definition) is 7. The van der Waals surface area contributed by atoms with Gasteiger partial charge in [-0.05, 0) is 43.5 Å². The Kier molecular flexibility index (Phi) is 5.49. The first-order valence-corrected chi connectivity index (χ1v) is 12.6. The minimum absolute atomic E-state index is 0.0491. The molecule has 8 nitrogen and oxygen atoms in total. The second-order valence-electron chi connectivity index (χ2n) is 8.46. The average molecular weight is 476 g/mol. The molecule has 4 heterocycles. The number of likely N-dealkylation sites (tertiary alicyclic amines) is 1. The zero-order valence-electron chi connectivity index (χ0n) is 18.9. The van der Waals surface area contributed by atoms with Crippen LogP contribution in [0.2, 0.25) is 0 Å². The summed E-state index contributed by atoms with van der Waals surface area (Å²) in [6.07, 6.45) is 1.92. The molecule has 1 atom stereocenters. The van der Waals surface area contributed by atoms with Crippen LogP contribution in [-0.2, 0) is 11.3 Å². The molecule has 0 radical (unpaired) electrons. The van der Waals surface area contributed by atoms with Crippen molar-refractivity contribution in [2.24, 2.45) is 0 Å². The minimum Gasteiger partial charge on any atom is -0.486 e. The molecule has 0 bridgehead atoms. The van der Waals surface area contributed by atoms with Gasteiger partial charge < -0.3 is 18.9 Å². The van der Waals surface area contributed by atoms with Gasteiger partial charge in [0.05, 0.1) is 17.3 Å². The number of nitrogens with zero attached hydrogens (tertiary/aromatic N) is 5. The number of rotatable bonds is 5. The number of hydrogen-bond donors (Lipinski definition) is 0. The van der Waals surface area contributed by atoms with Crippen molar-refractivity contribution in [3.8, 4) is 11.5 Å². The Bertz CT molecular complexity index is 1390. The Labute approximate surface area is 201 Å². The Morgan fingerprint density at radius 1 is 1.12 bits per heavy atom. The molecule has 9 heteroatoms. The molecule has 0 aliphatic carbocycles. The molecule has 34 heavy (non-hydrogen) atoms. The van der Waals surface area contributed by atoms with E-state index in [1.165, 1.54) is 11.8 Å². The Balaban J connectivity index is 1.20. The number of carbonyl (C=O) groups excluding carboxylic acids is 1. The molecule has 0 N–H and O–H groups in total. The summed E-state index contributed by atoms with van der Waals surface area (Å²) in [6.45, 7) is 4.75. The predicted octanol–water partition coefficient (Wildman–Crippen LogP) is 4.23. The van der Waals surface area contributed by atoms with Gasteiger partial charge in [0.25, 0.3) is 0 Å². The molecule has 4 aromatic rings. The minimum atomic E-state index is 0.0491. The van der Waals surface area contributed by atoms with Crippen LogP contribution in [0.5, 0.6) is 11.5 Å². The van der Waals surface area contributed by atoms with Crippen LogP contribution in [-0.4, -0.2) is 56.1 Å². The monoisotopic (exact) mass is 475 g/mol. The molecule has 1 amide bonds. The number of aromatic nitrogens is 4. The third kappa shape index (κ3) is 3.64. The molecule has 1 unspecified atom stereocenters. The van der Waals surface area contributed by atoms with Crippen LogP contribution >= 0.6 is 11.8 Å². The fourth-order valence-electron chi connectivity index (χ4n) is 4.96. The van der Waals surface area contributed by atoms with Crippen LogP contribution in [0.1, 0.15) is 31.4 Å². The topological polar surface area (TPSA) is 82.4 Å². The van der Waals surface area contributed by atoms with Crippen molar-refractivity contribution in [3.05, 3.63) is 48.0 Å². The van der Waals surface area contributed by atoms with Crippen molar-refractivity contribution in [1.82, 2.24) is 24.6 Å². The average Bonchev–Trinajstić information content (AvgIpc) is 3.50. The smallest absolute Gasteiger partial charge is 0.233 e. The van der Waals surface area contributed by atoms with Gasteiger partial charge in [-0.15, -0.1) is 10.2 Å². The van der Waals surface area contributed by atoms with Crippen molar-refractivity contribution in [2.75, 3.05) is 25.5 Å². The van der Waals surface area contributed by atoms with Gasteiger partial charge in [0.15, 0.2) is 17.1 Å². The van der Waals surface area contributed by atoms with Gasteiger partial charge in [-0.2, -0.15) is 0 Å². The third-order valence-electron chi connectivity index (χ3n) is 6.52. The number of thioether (sulfide) groups is 1. The Hall–Kier alpha value is -3.33. The van der Waals surface area contributed by atoms with E-state index in [0.717, 1.165) is 65.1 Å². The Morgan fingerprint density at radius 3 is 2.85 bits per heavy atom. The molecule has 0 saturated carbocycles. The van der Waals surface area contributed by atoms with Crippen LogP contribution in [0.25, 0.3) is 22.1 Å². The van der Waals surface area contributed by atoms with E-state index in [-0.39, 0.29) is 17.7 Å². The van der Waals surface area contributed by atoms with E-state index in [1.807, 2.05) is 41.3 Å². The standard InChI is InChI=1S/C25H25N5O3S/c1-2-29-19-7-4-3-6-17(19)23-24(29)26-25(28-27-23)34-15-22(31)30-11-5-8-18(30)16-9-10-20-21(14-16)33-13-12-32-20/h3-4,6-7,9-10,14,18H,2,5,8,11-13,15H2,1H3. The molecule has 6 rings (SSSR count). The van der Waals surface area contributed by atoms with Crippen LogP contribution in [0.15, 0.2) is 47.6 Å². The van der Waals surface area contributed by atoms with Crippen LogP contribution in [0.3, 0.4) is 0 Å². The number of carbonyl (C=O) groups is 1. The summed E-state index contributed by atoms with van der Waals surface area (Å²) in [6, 6.07) is 14.2. The van der Waals surface area contributed by atoms with Gasteiger partial charge in [0, 0.05) is 18.5 Å². The first-order valence-electron chi connectivity index (χ1n) is 11.7. The summed E-state index contributed by atoms with van der Waals surface area (Å²) in [5, 5.41) is 10.3. The molecule has 2 aliphatic heterocycles. The van der Waals surface area contributed by atoms with Gasteiger partial charge in [-0.3, -0.25) is 4.79 Å². The zero-order chi connectivity index (χ0) is 23.1. The van der Waals surface area contributed by atoms with Gasteiger partial charge >= 0.3 is 0 Å². The van der Waals surface area contributed by atoms with Crippen LogP contribution in [0, 0.1) is 0 Å². The lowest BCUT2D eigenvalue weighted by atomic mass is 10.0. The van der Waals surface area contributed by atoms with Crippen molar-refractivity contribution in [2.45, 2.75) is 37.5 Å². The zero-order valence-corrected chi connectivity index (χ0v) is 19.8. The maximum Gasteiger partial charge on any atom is 0.233 e. The fourth-order valence-corrected chi connectivity index (χ4v) is 5.63. The maximum absolute atomic E-state index is 13.2. The predicted molar refractivity (Wildman–Crippen MR) is 130 cm³/mol.